The maximum atomic E-state index is 11.9. The zero-order valence-electron chi connectivity index (χ0n) is 13.6. The topological polar surface area (TPSA) is 36.8 Å². The second-order valence-electron chi connectivity index (χ2n) is 6.40. The molecule has 0 spiro atoms. The monoisotopic (exact) mass is 324 g/mol. The Morgan fingerprint density at radius 2 is 2.00 bits per heavy atom. The van der Waals surface area contributed by atoms with E-state index in [-0.39, 0.29) is 5.91 Å². The van der Waals surface area contributed by atoms with Gasteiger partial charge in [-0.2, -0.15) is 0 Å². The number of hydrogen-bond donors (Lipinski definition) is 2. The third-order valence-electron chi connectivity index (χ3n) is 4.12. The van der Waals surface area contributed by atoms with Crippen LogP contribution in [-0.4, -0.2) is 45.2 Å². The van der Waals surface area contributed by atoms with Crippen molar-refractivity contribution in [1.29, 1.82) is 0 Å². The molecule has 0 radical (unpaired) electrons. The van der Waals surface area contributed by atoms with Crippen molar-refractivity contribution in [2.75, 3.05) is 44.2 Å². The number of hydrogen-bond acceptors (Lipinski definition) is 2. The number of quaternary nitrogens is 1. The standard InChI is InChI=1S/C17H26ClN3O/c1-14(2)7-8-19-17(22)13-20-9-11-21(12-10-20)16-6-4-3-5-15(16)18/h3-6,14H,7-13H2,1-2H3,(H,19,22)/p+1. The summed E-state index contributed by atoms with van der Waals surface area (Å²) in [5.74, 6) is 0.800. The summed E-state index contributed by atoms with van der Waals surface area (Å²) >= 11 is 6.25. The first-order valence-electron chi connectivity index (χ1n) is 8.16. The highest BCUT2D eigenvalue weighted by Gasteiger charge is 2.23. The van der Waals surface area contributed by atoms with E-state index in [2.05, 4.69) is 30.1 Å². The number of para-hydroxylation sites is 1. The Labute approximate surface area is 138 Å². The molecular weight excluding hydrogens is 298 g/mol. The van der Waals surface area contributed by atoms with E-state index in [1.807, 2.05) is 18.2 Å². The highest BCUT2D eigenvalue weighted by Crippen LogP contribution is 2.24. The quantitative estimate of drug-likeness (QED) is 0.825. The fourth-order valence-electron chi connectivity index (χ4n) is 2.74. The predicted molar refractivity (Wildman–Crippen MR) is 91.7 cm³/mol. The molecule has 1 heterocycles. The van der Waals surface area contributed by atoms with Crippen LogP contribution in [0.15, 0.2) is 24.3 Å². The third-order valence-corrected chi connectivity index (χ3v) is 4.44. The molecule has 22 heavy (non-hydrogen) atoms. The van der Waals surface area contributed by atoms with Gasteiger partial charge in [0.05, 0.1) is 36.9 Å². The Hall–Kier alpha value is -1.26. The number of piperazine rings is 1. The van der Waals surface area contributed by atoms with Crippen molar-refractivity contribution < 1.29 is 9.69 Å². The minimum atomic E-state index is 0.168. The Kier molecular flexibility index (Phi) is 6.52. The maximum Gasteiger partial charge on any atom is 0.275 e. The van der Waals surface area contributed by atoms with Crippen molar-refractivity contribution in [3.63, 3.8) is 0 Å². The van der Waals surface area contributed by atoms with Crippen LogP contribution in [0.1, 0.15) is 20.3 Å². The Morgan fingerprint density at radius 3 is 2.64 bits per heavy atom. The molecule has 1 aromatic carbocycles. The lowest BCUT2D eigenvalue weighted by Gasteiger charge is -2.33. The van der Waals surface area contributed by atoms with Crippen LogP contribution in [0.3, 0.4) is 0 Å². The Morgan fingerprint density at radius 1 is 1.32 bits per heavy atom. The number of nitrogens with zero attached hydrogens (tertiary/aromatic N) is 1. The number of carbonyl (C=O) groups excluding carboxylic acids is 1. The Bertz CT molecular complexity index is 485. The lowest BCUT2D eigenvalue weighted by molar-refractivity contribution is -0.892. The van der Waals surface area contributed by atoms with E-state index in [0.717, 1.165) is 49.9 Å². The normalized spacial score (nSPS) is 16.1. The summed E-state index contributed by atoms with van der Waals surface area (Å²) in [5.41, 5.74) is 1.10. The highest BCUT2D eigenvalue weighted by atomic mass is 35.5. The van der Waals surface area contributed by atoms with Gasteiger partial charge in [0.1, 0.15) is 0 Å². The molecule has 0 atom stereocenters. The number of rotatable bonds is 6. The summed E-state index contributed by atoms with van der Waals surface area (Å²) in [4.78, 5) is 15.6. The largest absolute Gasteiger partial charge is 0.359 e. The van der Waals surface area contributed by atoms with Gasteiger partial charge in [0.15, 0.2) is 6.54 Å². The third kappa shape index (κ3) is 5.18. The number of carbonyl (C=O) groups is 1. The Balaban J connectivity index is 1.73. The molecule has 0 aliphatic carbocycles. The first kappa shape index (κ1) is 17.1. The molecule has 1 saturated heterocycles. The summed E-state index contributed by atoms with van der Waals surface area (Å²) in [7, 11) is 0. The van der Waals surface area contributed by atoms with Gasteiger partial charge in [0, 0.05) is 6.54 Å². The number of halogens is 1. The average Bonchev–Trinajstić information content (AvgIpc) is 2.48. The van der Waals surface area contributed by atoms with E-state index in [1.165, 1.54) is 4.90 Å². The van der Waals surface area contributed by atoms with E-state index in [4.69, 9.17) is 11.6 Å². The lowest BCUT2D eigenvalue weighted by Crippen LogP contribution is -3.16. The zero-order chi connectivity index (χ0) is 15.9. The van der Waals surface area contributed by atoms with Crippen molar-refractivity contribution in [2.24, 2.45) is 5.92 Å². The molecule has 0 bridgehead atoms. The second-order valence-corrected chi connectivity index (χ2v) is 6.80. The molecule has 2 rings (SSSR count). The van der Waals surface area contributed by atoms with Crippen LogP contribution in [0, 0.1) is 5.92 Å². The van der Waals surface area contributed by atoms with Gasteiger partial charge in [-0.25, -0.2) is 0 Å². The molecule has 1 amide bonds. The molecule has 0 aromatic heterocycles. The molecular formula is C17H27ClN3O+. The van der Waals surface area contributed by atoms with Crippen LogP contribution in [0.2, 0.25) is 5.02 Å². The minimum absolute atomic E-state index is 0.168. The van der Waals surface area contributed by atoms with E-state index in [1.54, 1.807) is 0 Å². The molecule has 0 unspecified atom stereocenters. The van der Waals surface area contributed by atoms with Gasteiger partial charge >= 0.3 is 0 Å². The van der Waals surface area contributed by atoms with Crippen LogP contribution in [0.25, 0.3) is 0 Å². The van der Waals surface area contributed by atoms with Crippen molar-refractivity contribution in [1.82, 2.24) is 5.32 Å². The van der Waals surface area contributed by atoms with Gasteiger partial charge in [0.25, 0.3) is 5.91 Å². The summed E-state index contributed by atoms with van der Waals surface area (Å²) in [6, 6.07) is 7.96. The number of benzene rings is 1. The van der Waals surface area contributed by atoms with Crippen molar-refractivity contribution >= 4 is 23.2 Å². The molecule has 122 valence electrons. The minimum Gasteiger partial charge on any atom is -0.359 e. The molecule has 1 aliphatic heterocycles. The predicted octanol–water partition coefficient (Wildman–Crippen LogP) is 1.21. The average molecular weight is 325 g/mol. The van der Waals surface area contributed by atoms with E-state index in [0.29, 0.717) is 12.5 Å². The summed E-state index contributed by atoms with van der Waals surface area (Å²) < 4.78 is 0. The zero-order valence-corrected chi connectivity index (χ0v) is 14.3. The second kappa shape index (κ2) is 8.39. The molecule has 4 nitrogen and oxygen atoms in total. The van der Waals surface area contributed by atoms with Gasteiger partial charge < -0.3 is 15.1 Å². The van der Waals surface area contributed by atoms with Gasteiger partial charge in [-0.3, -0.25) is 4.79 Å². The molecule has 1 aromatic rings. The van der Waals surface area contributed by atoms with Crippen molar-refractivity contribution in [3.8, 4) is 0 Å². The molecule has 5 heteroatoms. The SMILES string of the molecule is CC(C)CCNC(=O)C[NH+]1CCN(c2ccccc2Cl)CC1. The van der Waals surface area contributed by atoms with Gasteiger partial charge in [0.2, 0.25) is 0 Å². The molecule has 0 saturated carbocycles. The fraction of sp³-hybridized carbons (Fsp3) is 0.588. The number of anilines is 1. The summed E-state index contributed by atoms with van der Waals surface area (Å²) in [5, 5.41) is 3.82. The molecule has 1 aliphatic rings. The van der Waals surface area contributed by atoms with Crippen LogP contribution in [0.4, 0.5) is 5.69 Å². The summed E-state index contributed by atoms with van der Waals surface area (Å²) in [6.45, 7) is 9.54. The van der Waals surface area contributed by atoms with Crippen LogP contribution in [-0.2, 0) is 4.79 Å². The van der Waals surface area contributed by atoms with Crippen molar-refractivity contribution in [2.45, 2.75) is 20.3 Å². The highest BCUT2D eigenvalue weighted by molar-refractivity contribution is 6.33. The first-order chi connectivity index (χ1) is 10.6. The number of nitrogens with one attached hydrogen (secondary N) is 2. The summed E-state index contributed by atoms with van der Waals surface area (Å²) in [6.07, 6.45) is 1.04. The molecule has 1 fully saturated rings. The smallest absolute Gasteiger partial charge is 0.275 e. The van der Waals surface area contributed by atoms with E-state index < -0.39 is 0 Å². The fourth-order valence-corrected chi connectivity index (χ4v) is 2.99. The van der Waals surface area contributed by atoms with Gasteiger partial charge in [-0.15, -0.1) is 0 Å². The van der Waals surface area contributed by atoms with E-state index >= 15 is 0 Å². The van der Waals surface area contributed by atoms with Crippen LogP contribution < -0.4 is 15.1 Å². The van der Waals surface area contributed by atoms with E-state index in [9.17, 15) is 4.79 Å². The molecule has 2 N–H and O–H groups in total. The maximum absolute atomic E-state index is 11.9. The van der Waals surface area contributed by atoms with Gasteiger partial charge in [-0.1, -0.05) is 37.6 Å². The van der Waals surface area contributed by atoms with Crippen LogP contribution >= 0.6 is 11.6 Å². The lowest BCUT2D eigenvalue weighted by atomic mass is 10.1. The van der Waals surface area contributed by atoms with Crippen LogP contribution in [0.5, 0.6) is 0 Å². The first-order valence-corrected chi connectivity index (χ1v) is 8.54. The van der Waals surface area contributed by atoms with Gasteiger partial charge in [-0.05, 0) is 24.5 Å². The van der Waals surface area contributed by atoms with Crippen molar-refractivity contribution in [3.05, 3.63) is 29.3 Å². The number of amides is 1.